The minimum atomic E-state index is -0.552. The average molecular weight is 409 g/mol. The zero-order valence-electron chi connectivity index (χ0n) is 15.8. The molecule has 4 rings (SSSR count). The van der Waals surface area contributed by atoms with Crippen LogP contribution in [0.25, 0.3) is 16.5 Å². The van der Waals surface area contributed by atoms with Crippen molar-refractivity contribution in [3.63, 3.8) is 0 Å². The summed E-state index contributed by atoms with van der Waals surface area (Å²) in [5, 5.41) is 16.6. The molecule has 0 atom stereocenters. The summed E-state index contributed by atoms with van der Waals surface area (Å²) < 4.78 is 16.4. The summed E-state index contributed by atoms with van der Waals surface area (Å²) in [6.07, 6.45) is -0.0786. The zero-order valence-corrected chi connectivity index (χ0v) is 15.8. The number of aryl methyl sites for hydroxylation is 2. The molecule has 0 fully saturated rings. The lowest BCUT2D eigenvalue weighted by Gasteiger charge is -2.10. The van der Waals surface area contributed by atoms with Crippen molar-refractivity contribution in [2.45, 2.75) is 19.9 Å². The number of carbonyl (C=O) groups excluding carboxylic acids is 1. The smallest absolute Gasteiger partial charge is 0.273 e. The Labute approximate surface area is 167 Å². The van der Waals surface area contributed by atoms with Crippen molar-refractivity contribution in [3.8, 4) is 5.69 Å². The third kappa shape index (κ3) is 3.60. The van der Waals surface area contributed by atoms with Crippen molar-refractivity contribution in [2.75, 3.05) is 5.32 Å². The molecule has 2 aromatic heterocycles. The van der Waals surface area contributed by atoms with Gasteiger partial charge in [0.15, 0.2) is 5.82 Å². The topological polar surface area (TPSA) is 128 Å². The van der Waals surface area contributed by atoms with E-state index < -0.39 is 22.8 Å². The van der Waals surface area contributed by atoms with Crippen LogP contribution in [0.1, 0.15) is 12.2 Å². The Morgan fingerprint density at radius 1 is 1.17 bits per heavy atom. The first-order valence-corrected chi connectivity index (χ1v) is 9.00. The van der Waals surface area contributed by atoms with E-state index in [-0.39, 0.29) is 24.0 Å². The molecule has 0 bridgehead atoms. The number of aromatic amines is 1. The lowest BCUT2D eigenvalue weighted by atomic mass is 10.2. The van der Waals surface area contributed by atoms with E-state index in [1.54, 1.807) is 31.2 Å². The fourth-order valence-electron chi connectivity index (χ4n) is 3.05. The number of rotatable bonds is 5. The summed E-state index contributed by atoms with van der Waals surface area (Å²) in [7, 11) is 0. The molecule has 11 heteroatoms. The van der Waals surface area contributed by atoms with E-state index in [1.165, 1.54) is 22.9 Å². The van der Waals surface area contributed by atoms with E-state index >= 15 is 0 Å². The Kier molecular flexibility index (Phi) is 4.92. The Bertz CT molecular complexity index is 1370. The number of aromatic nitrogens is 6. The third-order valence-electron chi connectivity index (χ3n) is 4.53. The fourth-order valence-corrected chi connectivity index (χ4v) is 3.05. The summed E-state index contributed by atoms with van der Waals surface area (Å²) in [5.41, 5.74) is -0.377. The minimum absolute atomic E-state index is 0.0229. The van der Waals surface area contributed by atoms with Gasteiger partial charge in [-0.05, 0) is 47.7 Å². The van der Waals surface area contributed by atoms with Gasteiger partial charge in [-0.25, -0.2) is 9.07 Å². The molecule has 10 nitrogen and oxygen atoms in total. The molecule has 152 valence electrons. The molecule has 4 aromatic rings. The van der Waals surface area contributed by atoms with Gasteiger partial charge in [-0.15, -0.1) is 5.10 Å². The van der Waals surface area contributed by atoms with Crippen LogP contribution in [0.4, 0.5) is 10.1 Å². The van der Waals surface area contributed by atoms with Gasteiger partial charge >= 0.3 is 0 Å². The molecule has 1 amide bonds. The quantitative estimate of drug-likeness (QED) is 0.509. The highest BCUT2D eigenvalue weighted by Crippen LogP contribution is 2.19. The van der Waals surface area contributed by atoms with Crippen molar-refractivity contribution in [1.82, 2.24) is 30.0 Å². The number of tetrazole rings is 1. The first kappa shape index (κ1) is 19.2. The number of H-pyrrole nitrogens is 1. The molecule has 2 heterocycles. The highest BCUT2D eigenvalue weighted by Gasteiger charge is 2.13. The Morgan fingerprint density at radius 3 is 2.67 bits per heavy atom. The third-order valence-corrected chi connectivity index (χ3v) is 4.53. The number of amides is 1. The molecule has 0 aliphatic rings. The fraction of sp³-hybridized carbons (Fsp3) is 0.158. The number of nitrogens with zero attached hydrogens (tertiary/aromatic N) is 5. The van der Waals surface area contributed by atoms with Gasteiger partial charge in [0.25, 0.3) is 11.1 Å². The van der Waals surface area contributed by atoms with E-state index in [4.69, 9.17) is 0 Å². The van der Waals surface area contributed by atoms with Gasteiger partial charge in [0, 0.05) is 12.1 Å². The van der Waals surface area contributed by atoms with Gasteiger partial charge in [0.2, 0.25) is 5.91 Å². The summed E-state index contributed by atoms with van der Waals surface area (Å²) >= 11 is 0. The highest BCUT2D eigenvalue weighted by atomic mass is 19.1. The Morgan fingerprint density at radius 2 is 1.93 bits per heavy atom. The van der Waals surface area contributed by atoms with Crippen LogP contribution in [0.2, 0.25) is 0 Å². The maximum absolute atomic E-state index is 14.1. The molecule has 0 unspecified atom stereocenters. The standard InChI is InChI=1S/C19H16FN7O3/c1-11-22-24-25-27(11)16-10-12(6-7-15(16)20)21-17(28)8-9-26-19(30)14-5-3-2-4-13(14)18(29)23-26/h2-7,10H,8-9H2,1H3,(H,21,28)(H,23,29). The lowest BCUT2D eigenvalue weighted by molar-refractivity contribution is -0.116. The summed E-state index contributed by atoms with van der Waals surface area (Å²) in [6, 6.07) is 10.5. The molecule has 0 saturated heterocycles. The summed E-state index contributed by atoms with van der Waals surface area (Å²) in [6.45, 7) is 1.59. The van der Waals surface area contributed by atoms with Gasteiger partial charge in [0.1, 0.15) is 11.5 Å². The number of benzene rings is 2. The second-order valence-corrected chi connectivity index (χ2v) is 6.55. The van der Waals surface area contributed by atoms with E-state index in [0.29, 0.717) is 16.9 Å². The molecular weight excluding hydrogens is 393 g/mol. The molecule has 2 N–H and O–H groups in total. The van der Waals surface area contributed by atoms with E-state index in [9.17, 15) is 18.8 Å². The van der Waals surface area contributed by atoms with Crippen LogP contribution in [0, 0.1) is 12.7 Å². The van der Waals surface area contributed by atoms with Crippen molar-refractivity contribution in [2.24, 2.45) is 0 Å². The second-order valence-electron chi connectivity index (χ2n) is 6.55. The molecule has 0 aliphatic heterocycles. The number of hydrogen-bond donors (Lipinski definition) is 2. The largest absolute Gasteiger partial charge is 0.326 e. The van der Waals surface area contributed by atoms with Gasteiger partial charge in [-0.3, -0.25) is 19.5 Å². The lowest BCUT2D eigenvalue weighted by Crippen LogP contribution is -2.31. The van der Waals surface area contributed by atoms with Crippen molar-refractivity contribution in [1.29, 1.82) is 0 Å². The van der Waals surface area contributed by atoms with Gasteiger partial charge in [-0.1, -0.05) is 12.1 Å². The number of fused-ring (bicyclic) bond motifs is 1. The first-order valence-electron chi connectivity index (χ1n) is 9.00. The molecule has 0 spiro atoms. The Balaban J connectivity index is 1.51. The maximum Gasteiger partial charge on any atom is 0.273 e. The highest BCUT2D eigenvalue weighted by molar-refractivity contribution is 5.91. The molecule has 2 aromatic carbocycles. The maximum atomic E-state index is 14.1. The van der Waals surface area contributed by atoms with Crippen LogP contribution in [0.3, 0.4) is 0 Å². The molecule has 30 heavy (non-hydrogen) atoms. The first-order chi connectivity index (χ1) is 14.4. The van der Waals surface area contributed by atoms with Crippen molar-refractivity contribution in [3.05, 3.63) is 74.8 Å². The monoisotopic (exact) mass is 409 g/mol. The van der Waals surface area contributed by atoms with Crippen LogP contribution >= 0.6 is 0 Å². The number of halogens is 1. The predicted octanol–water partition coefficient (Wildman–Crippen LogP) is 1.14. The van der Waals surface area contributed by atoms with Crippen LogP contribution in [-0.2, 0) is 11.3 Å². The SMILES string of the molecule is Cc1nnnn1-c1cc(NC(=O)CCn2[nH]c(=O)c3ccccc3c2=O)ccc1F. The summed E-state index contributed by atoms with van der Waals surface area (Å²) in [5.74, 6) is -0.581. The predicted molar refractivity (Wildman–Crippen MR) is 106 cm³/mol. The summed E-state index contributed by atoms with van der Waals surface area (Å²) in [4.78, 5) is 37.0. The number of carbonyl (C=O) groups is 1. The van der Waals surface area contributed by atoms with Crippen LogP contribution in [0.15, 0.2) is 52.1 Å². The average Bonchev–Trinajstić information content (AvgIpc) is 3.17. The van der Waals surface area contributed by atoms with Crippen LogP contribution in [-0.4, -0.2) is 35.9 Å². The van der Waals surface area contributed by atoms with Gasteiger partial charge in [-0.2, -0.15) is 4.68 Å². The molecular formula is C19H16FN7O3. The van der Waals surface area contributed by atoms with E-state index in [0.717, 1.165) is 4.68 Å². The molecule has 0 radical (unpaired) electrons. The normalized spacial score (nSPS) is 11.0. The second kappa shape index (κ2) is 7.70. The number of anilines is 1. The number of nitrogens with one attached hydrogen (secondary N) is 2. The van der Waals surface area contributed by atoms with Gasteiger partial charge in [0.05, 0.1) is 17.3 Å². The van der Waals surface area contributed by atoms with Crippen molar-refractivity contribution < 1.29 is 9.18 Å². The van der Waals surface area contributed by atoms with Crippen molar-refractivity contribution >= 4 is 22.4 Å². The zero-order chi connectivity index (χ0) is 21.3. The van der Waals surface area contributed by atoms with Gasteiger partial charge < -0.3 is 5.32 Å². The van der Waals surface area contributed by atoms with E-state index in [1.807, 2.05) is 0 Å². The number of hydrogen-bond acceptors (Lipinski definition) is 6. The van der Waals surface area contributed by atoms with E-state index in [2.05, 4.69) is 25.9 Å². The van der Waals surface area contributed by atoms with Crippen LogP contribution in [0.5, 0.6) is 0 Å². The molecule has 0 aliphatic carbocycles. The van der Waals surface area contributed by atoms with Crippen LogP contribution < -0.4 is 16.4 Å². The minimum Gasteiger partial charge on any atom is -0.326 e. The molecule has 0 saturated carbocycles. The Hall–Kier alpha value is -4.15.